The standard InChI is InChI=1S/C18H25NO5S2/c1-4-13(2)19(14-9-10-26(22,23)12-14)17(20)11-24-18(21)15-7-5-6-8-16(15)25-3/h5-8,13-14H,4,9-12H2,1-3H3/t13-,14-/m1/s1. The highest BCUT2D eigenvalue weighted by Crippen LogP contribution is 2.23. The van der Waals surface area contributed by atoms with Crippen molar-refractivity contribution in [1.29, 1.82) is 0 Å². The lowest BCUT2D eigenvalue weighted by atomic mass is 10.1. The Balaban J connectivity index is 2.06. The van der Waals surface area contributed by atoms with Crippen molar-refractivity contribution in [3.8, 4) is 0 Å². The molecule has 1 heterocycles. The molecule has 0 aromatic heterocycles. The van der Waals surface area contributed by atoms with Gasteiger partial charge in [-0.25, -0.2) is 13.2 Å². The van der Waals surface area contributed by atoms with Gasteiger partial charge in [0.1, 0.15) is 0 Å². The van der Waals surface area contributed by atoms with Gasteiger partial charge in [0.05, 0.1) is 17.1 Å². The summed E-state index contributed by atoms with van der Waals surface area (Å²) >= 11 is 1.43. The quantitative estimate of drug-likeness (QED) is 0.517. The van der Waals surface area contributed by atoms with Crippen molar-refractivity contribution in [2.24, 2.45) is 0 Å². The van der Waals surface area contributed by atoms with Crippen LogP contribution >= 0.6 is 11.8 Å². The summed E-state index contributed by atoms with van der Waals surface area (Å²) in [4.78, 5) is 27.4. The highest BCUT2D eigenvalue weighted by molar-refractivity contribution is 7.98. The zero-order valence-electron chi connectivity index (χ0n) is 15.3. The maximum Gasteiger partial charge on any atom is 0.339 e. The summed E-state index contributed by atoms with van der Waals surface area (Å²) in [5.74, 6) is -0.826. The van der Waals surface area contributed by atoms with Gasteiger partial charge in [-0.05, 0) is 38.2 Å². The Kier molecular flexibility index (Phi) is 7.11. The number of nitrogens with zero attached hydrogens (tertiary/aromatic N) is 1. The molecule has 0 spiro atoms. The molecule has 8 heteroatoms. The molecule has 2 rings (SSSR count). The molecule has 1 amide bonds. The van der Waals surface area contributed by atoms with Gasteiger partial charge in [-0.15, -0.1) is 11.8 Å². The summed E-state index contributed by atoms with van der Waals surface area (Å²) in [5, 5.41) is 0. The van der Waals surface area contributed by atoms with E-state index in [4.69, 9.17) is 4.74 Å². The number of ether oxygens (including phenoxy) is 1. The normalized spacial score (nSPS) is 19.7. The van der Waals surface area contributed by atoms with Crippen molar-refractivity contribution < 1.29 is 22.7 Å². The maximum atomic E-state index is 12.7. The Labute approximate surface area is 159 Å². The van der Waals surface area contributed by atoms with Crippen LogP contribution in [0.5, 0.6) is 0 Å². The van der Waals surface area contributed by atoms with Crippen LogP contribution in [0.25, 0.3) is 0 Å². The Morgan fingerprint density at radius 3 is 2.62 bits per heavy atom. The van der Waals surface area contributed by atoms with Crippen molar-refractivity contribution in [3.05, 3.63) is 29.8 Å². The van der Waals surface area contributed by atoms with Crippen LogP contribution in [0.2, 0.25) is 0 Å². The SMILES string of the molecule is CC[C@@H](C)N(C(=O)COC(=O)c1ccccc1SC)[C@@H]1CCS(=O)(=O)C1. The average Bonchev–Trinajstić information content (AvgIpc) is 2.98. The van der Waals surface area contributed by atoms with Gasteiger partial charge < -0.3 is 9.64 Å². The van der Waals surface area contributed by atoms with Crippen molar-refractivity contribution >= 4 is 33.5 Å². The van der Waals surface area contributed by atoms with Crippen LogP contribution in [0.4, 0.5) is 0 Å². The molecule has 1 aromatic carbocycles. The zero-order valence-corrected chi connectivity index (χ0v) is 16.9. The van der Waals surface area contributed by atoms with Crippen LogP contribution in [0, 0.1) is 0 Å². The van der Waals surface area contributed by atoms with E-state index >= 15 is 0 Å². The minimum atomic E-state index is -3.10. The summed E-state index contributed by atoms with van der Waals surface area (Å²) < 4.78 is 28.8. The zero-order chi connectivity index (χ0) is 19.3. The number of carbonyl (C=O) groups excluding carboxylic acids is 2. The Bertz CT molecular complexity index is 763. The molecule has 2 atom stereocenters. The van der Waals surface area contributed by atoms with Crippen molar-refractivity contribution in [3.63, 3.8) is 0 Å². The van der Waals surface area contributed by atoms with E-state index in [9.17, 15) is 18.0 Å². The summed E-state index contributed by atoms with van der Waals surface area (Å²) in [6.45, 7) is 3.44. The number of sulfone groups is 1. The fourth-order valence-electron chi connectivity index (χ4n) is 3.09. The van der Waals surface area contributed by atoms with E-state index in [1.54, 1.807) is 17.0 Å². The topological polar surface area (TPSA) is 80.8 Å². The van der Waals surface area contributed by atoms with E-state index in [0.717, 1.165) is 4.90 Å². The molecular formula is C18H25NO5S2. The first-order valence-corrected chi connectivity index (χ1v) is 11.7. The molecule has 0 radical (unpaired) electrons. The molecule has 0 unspecified atom stereocenters. The highest BCUT2D eigenvalue weighted by atomic mass is 32.2. The Morgan fingerprint density at radius 1 is 1.35 bits per heavy atom. The summed E-state index contributed by atoms with van der Waals surface area (Å²) in [5.41, 5.74) is 0.423. The van der Waals surface area contributed by atoms with Gasteiger partial charge in [0, 0.05) is 17.0 Å². The lowest BCUT2D eigenvalue weighted by Crippen LogP contribution is -2.48. The first-order chi connectivity index (χ1) is 12.3. The summed E-state index contributed by atoms with van der Waals surface area (Å²) in [6.07, 6.45) is 3.00. The van der Waals surface area contributed by atoms with Gasteiger partial charge >= 0.3 is 5.97 Å². The predicted octanol–water partition coefficient (Wildman–Crippen LogP) is 2.38. The summed E-state index contributed by atoms with van der Waals surface area (Å²) in [6, 6.07) is 6.59. The molecule has 1 saturated heterocycles. The highest BCUT2D eigenvalue weighted by Gasteiger charge is 2.36. The van der Waals surface area contributed by atoms with Gasteiger partial charge in [0.2, 0.25) is 0 Å². The molecule has 26 heavy (non-hydrogen) atoms. The summed E-state index contributed by atoms with van der Waals surface area (Å²) in [7, 11) is -3.10. The van der Waals surface area contributed by atoms with Crippen LogP contribution in [0.1, 0.15) is 37.0 Å². The van der Waals surface area contributed by atoms with Crippen LogP contribution in [0.15, 0.2) is 29.2 Å². The van der Waals surface area contributed by atoms with Gasteiger partial charge in [-0.1, -0.05) is 19.1 Å². The third kappa shape index (κ3) is 5.01. The third-order valence-corrected chi connectivity index (χ3v) is 7.16. The molecule has 1 aromatic rings. The predicted molar refractivity (Wildman–Crippen MR) is 102 cm³/mol. The number of amides is 1. The van der Waals surface area contributed by atoms with E-state index in [1.165, 1.54) is 11.8 Å². The van der Waals surface area contributed by atoms with Crippen LogP contribution < -0.4 is 0 Å². The lowest BCUT2D eigenvalue weighted by molar-refractivity contribution is -0.138. The first kappa shape index (κ1) is 20.8. The molecule has 1 aliphatic heterocycles. The fourth-order valence-corrected chi connectivity index (χ4v) is 5.39. The van der Waals surface area contributed by atoms with E-state index in [1.807, 2.05) is 32.2 Å². The van der Waals surface area contributed by atoms with Crippen molar-refractivity contribution in [2.75, 3.05) is 24.4 Å². The largest absolute Gasteiger partial charge is 0.452 e. The minimum Gasteiger partial charge on any atom is -0.452 e. The van der Waals surface area contributed by atoms with E-state index in [2.05, 4.69) is 0 Å². The number of benzene rings is 1. The average molecular weight is 400 g/mol. The lowest BCUT2D eigenvalue weighted by Gasteiger charge is -2.33. The minimum absolute atomic E-state index is 0.0215. The van der Waals surface area contributed by atoms with E-state index in [-0.39, 0.29) is 36.1 Å². The van der Waals surface area contributed by atoms with E-state index in [0.29, 0.717) is 18.4 Å². The fraction of sp³-hybridized carbons (Fsp3) is 0.556. The number of rotatable bonds is 7. The molecule has 0 aliphatic carbocycles. The van der Waals surface area contributed by atoms with Crippen LogP contribution in [-0.2, 0) is 19.4 Å². The second-order valence-corrected chi connectivity index (χ2v) is 9.47. The molecule has 144 valence electrons. The smallest absolute Gasteiger partial charge is 0.339 e. The number of hydrogen-bond donors (Lipinski definition) is 0. The molecule has 6 nitrogen and oxygen atoms in total. The van der Waals surface area contributed by atoms with Gasteiger partial charge in [-0.3, -0.25) is 4.79 Å². The van der Waals surface area contributed by atoms with Crippen molar-refractivity contribution in [1.82, 2.24) is 4.90 Å². The molecule has 0 bridgehead atoms. The first-order valence-electron chi connectivity index (χ1n) is 8.60. The molecular weight excluding hydrogens is 374 g/mol. The Morgan fingerprint density at radius 2 is 2.04 bits per heavy atom. The Hall–Kier alpha value is -1.54. The monoisotopic (exact) mass is 399 g/mol. The molecule has 1 aliphatic rings. The van der Waals surface area contributed by atoms with Gasteiger partial charge in [-0.2, -0.15) is 0 Å². The number of carbonyl (C=O) groups is 2. The molecule has 0 saturated carbocycles. The van der Waals surface area contributed by atoms with Crippen LogP contribution in [-0.4, -0.2) is 61.6 Å². The number of thioether (sulfide) groups is 1. The number of esters is 1. The third-order valence-electron chi connectivity index (χ3n) is 4.61. The van der Waals surface area contributed by atoms with Gasteiger partial charge in [0.15, 0.2) is 16.4 Å². The molecule has 0 N–H and O–H groups in total. The second kappa shape index (κ2) is 8.90. The van der Waals surface area contributed by atoms with Gasteiger partial charge in [0.25, 0.3) is 5.91 Å². The van der Waals surface area contributed by atoms with Crippen molar-refractivity contribution in [2.45, 2.75) is 43.7 Å². The van der Waals surface area contributed by atoms with Crippen LogP contribution in [0.3, 0.4) is 0 Å². The number of hydrogen-bond acceptors (Lipinski definition) is 6. The van der Waals surface area contributed by atoms with E-state index < -0.39 is 15.8 Å². The molecule has 1 fully saturated rings. The maximum absolute atomic E-state index is 12.7. The second-order valence-electron chi connectivity index (χ2n) is 6.39.